The third-order valence-electron chi connectivity index (χ3n) is 3.51. The summed E-state index contributed by atoms with van der Waals surface area (Å²) in [4.78, 5) is 10.3. The second kappa shape index (κ2) is 5.57. The second-order valence-electron chi connectivity index (χ2n) is 4.75. The molecule has 1 aromatic carbocycles. The van der Waals surface area contributed by atoms with Crippen LogP contribution in [0.2, 0.25) is 0 Å². The molecule has 0 amide bonds. The molecule has 4 nitrogen and oxygen atoms in total. The van der Waals surface area contributed by atoms with Crippen LogP contribution < -0.4 is 5.32 Å². The third kappa shape index (κ3) is 2.47. The van der Waals surface area contributed by atoms with Crippen LogP contribution in [0, 0.1) is 5.92 Å². The van der Waals surface area contributed by atoms with E-state index < -0.39 is 25.9 Å². The van der Waals surface area contributed by atoms with Gasteiger partial charge in [0.15, 0.2) is 6.29 Å². The molecule has 1 aromatic rings. The molecule has 2 rings (SSSR count). The van der Waals surface area contributed by atoms with Crippen molar-refractivity contribution in [1.29, 1.82) is 0 Å². The van der Waals surface area contributed by atoms with Gasteiger partial charge in [0.2, 0.25) is 9.84 Å². The van der Waals surface area contributed by atoms with Crippen molar-refractivity contribution in [2.75, 3.05) is 13.1 Å². The van der Waals surface area contributed by atoms with Gasteiger partial charge in [-0.25, -0.2) is 8.42 Å². The Morgan fingerprint density at radius 1 is 1.20 bits per heavy atom. The van der Waals surface area contributed by atoms with E-state index >= 15 is 0 Å². The van der Waals surface area contributed by atoms with Crippen molar-refractivity contribution in [1.82, 2.24) is 5.32 Å². The summed E-state index contributed by atoms with van der Waals surface area (Å²) in [5.41, 5.74) is -0.235. The summed E-state index contributed by atoms with van der Waals surface area (Å²) in [6, 6.07) is 5.04. The zero-order chi connectivity index (χ0) is 14.8. The first kappa shape index (κ1) is 15.1. The lowest BCUT2D eigenvalue weighted by atomic mass is 9.99. The molecule has 0 saturated carbocycles. The van der Waals surface area contributed by atoms with Crippen LogP contribution >= 0.6 is 0 Å². The third-order valence-corrected chi connectivity index (χ3v) is 5.51. The van der Waals surface area contributed by atoms with Crippen LogP contribution in [0.1, 0.15) is 23.2 Å². The number of alkyl halides is 2. The van der Waals surface area contributed by atoms with E-state index in [0.29, 0.717) is 13.1 Å². The van der Waals surface area contributed by atoms with Crippen molar-refractivity contribution >= 4 is 16.1 Å². The van der Waals surface area contributed by atoms with E-state index in [2.05, 4.69) is 5.32 Å². The summed E-state index contributed by atoms with van der Waals surface area (Å²) in [7, 11) is -4.87. The van der Waals surface area contributed by atoms with Crippen molar-refractivity contribution in [3.8, 4) is 0 Å². The predicted molar refractivity (Wildman–Crippen MR) is 69.6 cm³/mol. The van der Waals surface area contributed by atoms with Gasteiger partial charge in [-0.2, -0.15) is 8.78 Å². The number of hydrogen-bond acceptors (Lipinski definition) is 4. The van der Waals surface area contributed by atoms with Gasteiger partial charge < -0.3 is 5.32 Å². The molecule has 0 aliphatic carbocycles. The number of piperidine rings is 1. The molecule has 1 saturated heterocycles. The predicted octanol–water partition coefficient (Wildman–Crippen LogP) is 1.87. The van der Waals surface area contributed by atoms with Gasteiger partial charge in [-0.1, -0.05) is 18.2 Å². The van der Waals surface area contributed by atoms with E-state index in [1.807, 2.05) is 0 Å². The van der Waals surface area contributed by atoms with Gasteiger partial charge in [0, 0.05) is 11.5 Å². The highest BCUT2D eigenvalue weighted by atomic mass is 32.2. The number of hydrogen-bond donors (Lipinski definition) is 1. The van der Waals surface area contributed by atoms with Crippen molar-refractivity contribution in [2.45, 2.75) is 23.0 Å². The molecule has 0 atom stereocenters. The fourth-order valence-electron chi connectivity index (χ4n) is 2.35. The maximum absolute atomic E-state index is 14.4. The van der Waals surface area contributed by atoms with Gasteiger partial charge in [0.25, 0.3) is 0 Å². The van der Waals surface area contributed by atoms with Crippen LogP contribution in [-0.4, -0.2) is 33.0 Å². The SMILES string of the molecule is O=Cc1ccccc1S(=O)(=O)C(F)(F)C1CCNCC1. The van der Waals surface area contributed by atoms with E-state index in [1.54, 1.807) is 0 Å². The molecule has 1 aliphatic heterocycles. The average Bonchev–Trinajstić information content (AvgIpc) is 2.47. The van der Waals surface area contributed by atoms with Crippen molar-refractivity contribution in [3.05, 3.63) is 29.8 Å². The molecule has 0 radical (unpaired) electrons. The minimum Gasteiger partial charge on any atom is -0.317 e. The van der Waals surface area contributed by atoms with Gasteiger partial charge in [0.05, 0.1) is 4.90 Å². The Labute approximate surface area is 116 Å². The molecule has 20 heavy (non-hydrogen) atoms. The quantitative estimate of drug-likeness (QED) is 0.863. The first-order chi connectivity index (χ1) is 9.41. The molecule has 0 aromatic heterocycles. The van der Waals surface area contributed by atoms with Crippen LogP contribution in [-0.2, 0) is 9.84 Å². The molecule has 0 unspecified atom stereocenters. The van der Waals surface area contributed by atoms with Crippen molar-refractivity contribution in [2.24, 2.45) is 5.92 Å². The monoisotopic (exact) mass is 303 g/mol. The fourth-order valence-corrected chi connectivity index (χ4v) is 4.00. The van der Waals surface area contributed by atoms with Crippen LogP contribution in [0.15, 0.2) is 29.2 Å². The van der Waals surface area contributed by atoms with E-state index in [1.165, 1.54) is 18.2 Å². The van der Waals surface area contributed by atoms with Crippen LogP contribution in [0.25, 0.3) is 0 Å². The van der Waals surface area contributed by atoms with Gasteiger partial charge in [0.1, 0.15) is 0 Å². The number of nitrogens with one attached hydrogen (secondary N) is 1. The van der Waals surface area contributed by atoms with Gasteiger partial charge >= 0.3 is 5.25 Å². The topological polar surface area (TPSA) is 63.2 Å². The van der Waals surface area contributed by atoms with E-state index in [9.17, 15) is 22.0 Å². The Morgan fingerprint density at radius 2 is 1.80 bits per heavy atom. The average molecular weight is 303 g/mol. The fraction of sp³-hybridized carbons (Fsp3) is 0.462. The molecular formula is C13H15F2NO3S. The van der Waals surface area contributed by atoms with Crippen LogP contribution in [0.3, 0.4) is 0 Å². The van der Waals surface area contributed by atoms with Crippen LogP contribution in [0.5, 0.6) is 0 Å². The molecule has 110 valence electrons. The van der Waals surface area contributed by atoms with Crippen molar-refractivity contribution < 1.29 is 22.0 Å². The smallest absolute Gasteiger partial charge is 0.317 e. The lowest BCUT2D eigenvalue weighted by Gasteiger charge is -2.30. The number of sulfone groups is 1. The van der Waals surface area contributed by atoms with Gasteiger partial charge in [-0.05, 0) is 32.0 Å². The van der Waals surface area contributed by atoms with Crippen LogP contribution in [0.4, 0.5) is 8.78 Å². The molecule has 0 spiro atoms. The molecule has 7 heteroatoms. The summed E-state index contributed by atoms with van der Waals surface area (Å²) in [5, 5.41) is -0.951. The molecule has 1 N–H and O–H groups in total. The normalized spacial score (nSPS) is 17.9. The standard InChI is InChI=1S/C13H15F2NO3S/c14-13(15,11-5-7-16-8-6-11)20(18,19)12-4-2-1-3-10(12)9-17/h1-4,9,11,16H,5-8H2. The lowest BCUT2D eigenvalue weighted by Crippen LogP contribution is -2.43. The largest absolute Gasteiger partial charge is 0.352 e. The summed E-state index contributed by atoms with van der Waals surface area (Å²) in [5.74, 6) is -1.23. The maximum atomic E-state index is 14.4. The van der Waals surface area contributed by atoms with Gasteiger partial charge in [-0.3, -0.25) is 4.79 Å². The first-order valence-electron chi connectivity index (χ1n) is 6.28. The molecule has 1 aliphatic rings. The lowest BCUT2D eigenvalue weighted by molar-refractivity contribution is 0.0121. The Bertz CT molecular complexity index is 595. The Morgan fingerprint density at radius 3 is 2.40 bits per heavy atom. The minimum absolute atomic E-state index is 0.0927. The van der Waals surface area contributed by atoms with E-state index in [0.717, 1.165) is 6.07 Å². The number of halogens is 2. The first-order valence-corrected chi connectivity index (χ1v) is 7.77. The highest BCUT2D eigenvalue weighted by Crippen LogP contribution is 2.40. The summed E-state index contributed by atoms with van der Waals surface area (Å²) < 4.78 is 53.1. The number of rotatable bonds is 4. The number of carbonyl (C=O) groups is 1. The number of benzene rings is 1. The zero-order valence-corrected chi connectivity index (χ0v) is 11.5. The molecule has 0 bridgehead atoms. The molecule has 1 heterocycles. The summed E-state index contributed by atoms with van der Waals surface area (Å²) >= 11 is 0. The van der Waals surface area contributed by atoms with Gasteiger partial charge in [-0.15, -0.1) is 0 Å². The maximum Gasteiger partial charge on any atom is 0.352 e. The Balaban J connectivity index is 2.45. The molecular weight excluding hydrogens is 288 g/mol. The number of aldehydes is 1. The highest BCUT2D eigenvalue weighted by Gasteiger charge is 2.53. The number of carbonyl (C=O) groups excluding carboxylic acids is 1. The van der Waals surface area contributed by atoms with E-state index in [-0.39, 0.29) is 24.7 Å². The highest BCUT2D eigenvalue weighted by molar-refractivity contribution is 7.92. The Hall–Kier alpha value is -1.34. The molecule has 1 fully saturated rings. The Kier molecular flexibility index (Phi) is 4.19. The van der Waals surface area contributed by atoms with Crippen molar-refractivity contribution in [3.63, 3.8) is 0 Å². The zero-order valence-electron chi connectivity index (χ0n) is 10.7. The summed E-state index contributed by atoms with van der Waals surface area (Å²) in [6.07, 6.45) is 0.469. The minimum atomic E-state index is -4.87. The second-order valence-corrected chi connectivity index (χ2v) is 6.74. The van der Waals surface area contributed by atoms with E-state index in [4.69, 9.17) is 0 Å². The summed E-state index contributed by atoms with van der Waals surface area (Å²) in [6.45, 7) is 0.732.